The molecule has 18 heavy (non-hydrogen) atoms. The lowest BCUT2D eigenvalue weighted by Gasteiger charge is -2.32. The van der Waals surface area contributed by atoms with E-state index in [9.17, 15) is 8.78 Å². The zero-order chi connectivity index (χ0) is 13.1. The van der Waals surface area contributed by atoms with Crippen LogP contribution in [0.3, 0.4) is 0 Å². The number of halogens is 3. The minimum atomic E-state index is -0.440. The quantitative estimate of drug-likeness (QED) is 0.856. The first-order valence-corrected chi connectivity index (χ1v) is 7.03. The highest BCUT2D eigenvalue weighted by Crippen LogP contribution is 2.25. The molecule has 1 fully saturated rings. The number of hydrogen-bond acceptors (Lipinski definition) is 2. The van der Waals surface area contributed by atoms with Crippen molar-refractivity contribution in [1.82, 2.24) is 4.90 Å². The number of nitrogens with one attached hydrogen (secondary N) is 1. The minimum absolute atomic E-state index is 0.159. The monoisotopic (exact) mass is 318 g/mol. The summed E-state index contributed by atoms with van der Waals surface area (Å²) in [5.74, 6) is -0.855. The Balaban J connectivity index is 2.00. The molecule has 5 heteroatoms. The Morgan fingerprint density at radius 2 is 1.94 bits per heavy atom. The van der Waals surface area contributed by atoms with Crippen molar-refractivity contribution in [1.29, 1.82) is 0 Å². The van der Waals surface area contributed by atoms with E-state index in [-0.39, 0.29) is 16.2 Å². The zero-order valence-electron chi connectivity index (χ0n) is 10.3. The molecule has 1 aromatic rings. The van der Waals surface area contributed by atoms with Gasteiger partial charge in [-0.1, -0.05) is 6.92 Å². The molecule has 2 rings (SSSR count). The predicted octanol–water partition coefficient (Wildman–Crippen LogP) is 3.62. The lowest BCUT2D eigenvalue weighted by atomic mass is 10.0. The molecule has 1 saturated heterocycles. The molecule has 1 aliphatic heterocycles. The third-order valence-corrected chi connectivity index (χ3v) is 4.01. The SMILES string of the molecule is CCN1CCC(Nc2cc(F)c(Br)cc2F)CC1. The van der Waals surface area contributed by atoms with Gasteiger partial charge in [-0.3, -0.25) is 0 Å². The highest BCUT2D eigenvalue weighted by atomic mass is 79.9. The van der Waals surface area contributed by atoms with E-state index < -0.39 is 11.6 Å². The second-order valence-corrected chi connectivity index (χ2v) is 5.45. The lowest BCUT2D eigenvalue weighted by molar-refractivity contribution is 0.229. The third-order valence-electron chi connectivity index (χ3n) is 3.40. The van der Waals surface area contributed by atoms with Crippen LogP contribution in [0, 0.1) is 11.6 Å². The summed E-state index contributed by atoms with van der Waals surface area (Å²) in [7, 11) is 0. The molecule has 1 aromatic carbocycles. The molecule has 1 N–H and O–H groups in total. The van der Waals surface area contributed by atoms with Crippen molar-refractivity contribution in [2.75, 3.05) is 25.0 Å². The second-order valence-electron chi connectivity index (χ2n) is 4.60. The average molecular weight is 319 g/mol. The van der Waals surface area contributed by atoms with Crippen molar-refractivity contribution in [3.63, 3.8) is 0 Å². The van der Waals surface area contributed by atoms with Crippen molar-refractivity contribution < 1.29 is 8.78 Å². The fraction of sp³-hybridized carbons (Fsp3) is 0.538. The standard InChI is InChI=1S/C13H17BrF2N2/c1-2-18-5-3-9(4-6-18)17-13-8-11(15)10(14)7-12(13)16/h7-9,17H,2-6H2,1H3. The van der Waals surface area contributed by atoms with Crippen molar-refractivity contribution in [2.24, 2.45) is 0 Å². The summed E-state index contributed by atoms with van der Waals surface area (Å²) in [5, 5.41) is 3.10. The summed E-state index contributed by atoms with van der Waals surface area (Å²) in [5.41, 5.74) is 0.255. The molecule has 0 unspecified atom stereocenters. The van der Waals surface area contributed by atoms with Gasteiger partial charge in [0.15, 0.2) is 0 Å². The molecule has 1 aliphatic rings. The molecule has 100 valence electrons. The van der Waals surface area contributed by atoms with Crippen LogP contribution in [0.15, 0.2) is 16.6 Å². The van der Waals surface area contributed by atoms with Crippen LogP contribution in [-0.4, -0.2) is 30.6 Å². The fourth-order valence-corrected chi connectivity index (χ4v) is 2.56. The molecule has 0 aromatic heterocycles. The van der Waals surface area contributed by atoms with Crippen LogP contribution in [0.5, 0.6) is 0 Å². The Labute approximate surface area is 114 Å². The maximum atomic E-state index is 13.7. The van der Waals surface area contributed by atoms with Crippen molar-refractivity contribution in [3.8, 4) is 0 Å². The van der Waals surface area contributed by atoms with Gasteiger partial charge in [0.25, 0.3) is 0 Å². The Bertz CT molecular complexity index is 418. The van der Waals surface area contributed by atoms with Gasteiger partial charge in [0.1, 0.15) is 11.6 Å². The maximum Gasteiger partial charge on any atom is 0.147 e. The summed E-state index contributed by atoms with van der Waals surface area (Å²) < 4.78 is 27.2. The van der Waals surface area contributed by atoms with E-state index in [1.165, 1.54) is 12.1 Å². The van der Waals surface area contributed by atoms with Crippen LogP contribution in [0.4, 0.5) is 14.5 Å². The van der Waals surface area contributed by atoms with Crippen LogP contribution >= 0.6 is 15.9 Å². The van der Waals surface area contributed by atoms with Crippen LogP contribution < -0.4 is 5.32 Å². The Kier molecular flexibility index (Phi) is 4.56. The van der Waals surface area contributed by atoms with Gasteiger partial charge in [-0.15, -0.1) is 0 Å². The zero-order valence-corrected chi connectivity index (χ0v) is 11.9. The van der Waals surface area contributed by atoms with E-state index in [1.807, 2.05) is 0 Å². The van der Waals surface area contributed by atoms with Gasteiger partial charge in [-0.25, -0.2) is 8.78 Å². The van der Waals surface area contributed by atoms with E-state index >= 15 is 0 Å². The van der Waals surface area contributed by atoms with Crippen molar-refractivity contribution in [3.05, 3.63) is 28.2 Å². The number of anilines is 1. The average Bonchev–Trinajstić information content (AvgIpc) is 2.37. The lowest BCUT2D eigenvalue weighted by Crippen LogP contribution is -2.39. The van der Waals surface area contributed by atoms with Crippen LogP contribution in [0.25, 0.3) is 0 Å². The largest absolute Gasteiger partial charge is 0.380 e. The number of benzene rings is 1. The highest BCUT2D eigenvalue weighted by Gasteiger charge is 2.19. The Morgan fingerprint density at radius 1 is 1.28 bits per heavy atom. The first-order valence-electron chi connectivity index (χ1n) is 6.23. The molecule has 2 nitrogen and oxygen atoms in total. The number of nitrogens with zero attached hydrogens (tertiary/aromatic N) is 1. The first kappa shape index (κ1) is 13.7. The van der Waals surface area contributed by atoms with Gasteiger partial charge >= 0.3 is 0 Å². The number of piperidine rings is 1. The Hall–Kier alpha value is -0.680. The third kappa shape index (κ3) is 3.20. The summed E-state index contributed by atoms with van der Waals surface area (Å²) in [6, 6.07) is 2.60. The molecule has 0 atom stereocenters. The number of hydrogen-bond donors (Lipinski definition) is 1. The second kappa shape index (κ2) is 5.97. The topological polar surface area (TPSA) is 15.3 Å². The van der Waals surface area contributed by atoms with E-state index in [0.29, 0.717) is 0 Å². The number of likely N-dealkylation sites (tertiary alicyclic amines) is 1. The fourth-order valence-electron chi connectivity index (χ4n) is 2.25. The Morgan fingerprint density at radius 3 is 2.56 bits per heavy atom. The normalized spacial score (nSPS) is 18.0. The minimum Gasteiger partial charge on any atom is -0.380 e. The molecule has 0 spiro atoms. The van der Waals surface area contributed by atoms with Gasteiger partial charge in [-0.05, 0) is 41.4 Å². The van der Waals surface area contributed by atoms with Crippen molar-refractivity contribution in [2.45, 2.75) is 25.8 Å². The summed E-state index contributed by atoms with van der Waals surface area (Å²) in [6.07, 6.45) is 1.93. The summed E-state index contributed by atoms with van der Waals surface area (Å²) in [4.78, 5) is 2.36. The van der Waals surface area contributed by atoms with E-state index in [1.54, 1.807) is 0 Å². The molecule has 0 saturated carbocycles. The van der Waals surface area contributed by atoms with Gasteiger partial charge in [0, 0.05) is 25.2 Å². The molecule has 0 amide bonds. The van der Waals surface area contributed by atoms with Gasteiger partial charge in [0.2, 0.25) is 0 Å². The summed E-state index contributed by atoms with van der Waals surface area (Å²) >= 11 is 2.97. The molecule has 0 aliphatic carbocycles. The predicted molar refractivity (Wildman–Crippen MR) is 72.8 cm³/mol. The van der Waals surface area contributed by atoms with E-state index in [4.69, 9.17) is 0 Å². The molecular weight excluding hydrogens is 302 g/mol. The van der Waals surface area contributed by atoms with E-state index in [0.717, 1.165) is 32.5 Å². The van der Waals surface area contributed by atoms with Gasteiger partial charge < -0.3 is 10.2 Å². The van der Waals surface area contributed by atoms with E-state index in [2.05, 4.69) is 33.1 Å². The van der Waals surface area contributed by atoms with Crippen LogP contribution in [-0.2, 0) is 0 Å². The molecular formula is C13H17BrF2N2. The molecule has 0 radical (unpaired) electrons. The smallest absolute Gasteiger partial charge is 0.147 e. The molecule has 1 heterocycles. The maximum absolute atomic E-state index is 13.7. The van der Waals surface area contributed by atoms with Gasteiger partial charge in [0.05, 0.1) is 10.2 Å². The van der Waals surface area contributed by atoms with Gasteiger partial charge in [-0.2, -0.15) is 0 Å². The van der Waals surface area contributed by atoms with Crippen LogP contribution in [0.1, 0.15) is 19.8 Å². The van der Waals surface area contributed by atoms with Crippen LogP contribution in [0.2, 0.25) is 0 Å². The number of rotatable bonds is 3. The first-order chi connectivity index (χ1) is 8.60. The highest BCUT2D eigenvalue weighted by molar-refractivity contribution is 9.10. The molecule has 0 bridgehead atoms. The van der Waals surface area contributed by atoms with Crippen molar-refractivity contribution >= 4 is 21.6 Å². The summed E-state index contributed by atoms with van der Waals surface area (Å²) in [6.45, 7) is 5.20.